The molecule has 3 aliphatic rings. The summed E-state index contributed by atoms with van der Waals surface area (Å²) in [6.45, 7) is 2.59. The van der Waals surface area contributed by atoms with Gasteiger partial charge < -0.3 is 30.6 Å². The van der Waals surface area contributed by atoms with E-state index in [1.165, 1.54) is 5.56 Å². The number of nitrogens with zero attached hydrogens (tertiary/aromatic N) is 2. The van der Waals surface area contributed by atoms with Gasteiger partial charge in [-0.25, -0.2) is 9.97 Å². The van der Waals surface area contributed by atoms with Gasteiger partial charge in [0.15, 0.2) is 0 Å². The summed E-state index contributed by atoms with van der Waals surface area (Å²) in [6, 6.07) is 19.1. The van der Waals surface area contributed by atoms with E-state index in [2.05, 4.69) is 26.7 Å². The normalized spacial score (nSPS) is 15.1. The van der Waals surface area contributed by atoms with Gasteiger partial charge in [-0.2, -0.15) is 0 Å². The number of carbonyl (C=O) groups is 1. The molecule has 40 heavy (non-hydrogen) atoms. The number of rotatable bonds is 3. The molecule has 9 heteroatoms. The molecule has 0 unspecified atom stereocenters. The number of para-hydroxylation sites is 1. The van der Waals surface area contributed by atoms with Gasteiger partial charge in [0.25, 0.3) is 5.91 Å². The van der Waals surface area contributed by atoms with E-state index in [-0.39, 0.29) is 5.91 Å². The topological polar surface area (TPSA) is 121 Å². The van der Waals surface area contributed by atoms with Gasteiger partial charge in [0, 0.05) is 59.4 Å². The van der Waals surface area contributed by atoms with E-state index in [1.54, 1.807) is 24.4 Å². The van der Waals surface area contributed by atoms with E-state index in [9.17, 15) is 4.79 Å². The molecule has 1 aromatic heterocycles. The average Bonchev–Trinajstić information content (AvgIpc) is 3.45. The monoisotopic (exact) mass is 537 g/mol. The van der Waals surface area contributed by atoms with Crippen LogP contribution < -0.4 is 25.8 Å². The summed E-state index contributed by atoms with van der Waals surface area (Å²) in [4.78, 5) is 21.7. The predicted molar refractivity (Wildman–Crippen MR) is 153 cm³/mol. The van der Waals surface area contributed by atoms with Gasteiger partial charge in [0.05, 0.1) is 18.9 Å². The van der Waals surface area contributed by atoms with E-state index in [1.807, 2.05) is 36.4 Å². The number of hydrogen-bond donors (Lipinski definition) is 3. The molecule has 4 aromatic rings. The van der Waals surface area contributed by atoms with Crippen LogP contribution in [0.2, 0.25) is 0 Å². The highest BCUT2D eigenvalue weighted by atomic mass is 16.5. The van der Waals surface area contributed by atoms with Crippen LogP contribution in [0, 0.1) is 0 Å². The first-order chi connectivity index (χ1) is 19.6. The fourth-order valence-corrected chi connectivity index (χ4v) is 4.91. The molecular weight excluding hydrogens is 506 g/mol. The minimum Gasteiger partial charge on any atom is -0.493 e. The van der Waals surface area contributed by atoms with Crippen molar-refractivity contribution in [1.82, 2.24) is 15.3 Å². The van der Waals surface area contributed by atoms with Crippen LogP contribution in [0.4, 0.5) is 17.3 Å². The van der Waals surface area contributed by atoms with Gasteiger partial charge in [-0.05, 0) is 60.9 Å². The van der Waals surface area contributed by atoms with Crippen LogP contribution in [0.3, 0.4) is 0 Å². The van der Waals surface area contributed by atoms with Gasteiger partial charge in [-0.15, -0.1) is 0 Å². The number of nitrogen functional groups attached to an aromatic ring is 1. The molecular formula is C31H31N5O4. The molecule has 6 bridgehead atoms. The first-order valence-corrected chi connectivity index (χ1v) is 13.5. The lowest BCUT2D eigenvalue weighted by atomic mass is 10.1. The third kappa shape index (κ3) is 5.69. The maximum atomic E-state index is 12.6. The highest BCUT2D eigenvalue weighted by Crippen LogP contribution is 2.32. The summed E-state index contributed by atoms with van der Waals surface area (Å²) in [6.07, 6.45) is 4.20. The minimum absolute atomic E-state index is 0.158. The minimum atomic E-state index is -0.158. The Balaban J connectivity index is 1.27. The molecule has 0 atom stereocenters. The lowest BCUT2D eigenvalue weighted by molar-refractivity contribution is 0.0945. The molecule has 204 valence electrons. The average molecular weight is 538 g/mol. The molecule has 0 radical (unpaired) electrons. The summed E-state index contributed by atoms with van der Waals surface area (Å²) < 4.78 is 18.1. The summed E-state index contributed by atoms with van der Waals surface area (Å²) >= 11 is 0. The van der Waals surface area contributed by atoms with Crippen LogP contribution in [0.1, 0.15) is 39.9 Å². The highest BCUT2D eigenvalue weighted by Gasteiger charge is 2.17. The quantitative estimate of drug-likeness (QED) is 0.312. The molecule has 0 fully saturated rings. The van der Waals surface area contributed by atoms with E-state index in [4.69, 9.17) is 19.9 Å². The van der Waals surface area contributed by atoms with Crippen molar-refractivity contribution in [1.29, 1.82) is 0 Å². The molecule has 0 spiro atoms. The smallest absolute Gasteiger partial charge is 0.251 e. The Kier molecular flexibility index (Phi) is 7.45. The number of benzene rings is 3. The van der Waals surface area contributed by atoms with Crippen molar-refractivity contribution in [3.05, 3.63) is 89.1 Å². The zero-order chi connectivity index (χ0) is 27.3. The summed E-state index contributed by atoms with van der Waals surface area (Å²) in [7, 11) is 0. The Morgan fingerprint density at radius 1 is 1.00 bits per heavy atom. The first kappa shape index (κ1) is 25.6. The molecule has 0 saturated carbocycles. The first-order valence-electron chi connectivity index (χ1n) is 13.5. The van der Waals surface area contributed by atoms with Crippen LogP contribution in [-0.4, -0.2) is 35.6 Å². The maximum absolute atomic E-state index is 12.6. The zero-order valence-electron chi connectivity index (χ0n) is 22.1. The van der Waals surface area contributed by atoms with Crippen LogP contribution in [0.25, 0.3) is 11.3 Å². The Labute approximate surface area is 232 Å². The summed E-state index contributed by atoms with van der Waals surface area (Å²) in [5.41, 5.74) is 12.6. The molecule has 4 N–H and O–H groups in total. The van der Waals surface area contributed by atoms with Crippen molar-refractivity contribution in [2.75, 3.05) is 30.8 Å². The fourth-order valence-electron chi connectivity index (χ4n) is 4.91. The number of anilines is 3. The van der Waals surface area contributed by atoms with Gasteiger partial charge in [-0.3, -0.25) is 4.79 Å². The fraction of sp³-hybridized carbons (Fsp3) is 0.258. The third-order valence-corrected chi connectivity index (χ3v) is 7.00. The number of nitrogens with two attached hydrogens (primary N) is 1. The predicted octanol–water partition coefficient (Wildman–Crippen LogP) is 5.02. The van der Waals surface area contributed by atoms with Crippen LogP contribution in [0.15, 0.2) is 66.9 Å². The SMILES string of the molecule is Nc1cc2ccc1-c1ccnc(n1)Nc1ccc(OCc3cccc4c3OCC4)c(c1)COCCCCNC2=O. The Morgan fingerprint density at radius 2 is 1.95 bits per heavy atom. The van der Waals surface area contributed by atoms with Crippen molar-refractivity contribution in [2.45, 2.75) is 32.5 Å². The number of nitrogens with one attached hydrogen (secondary N) is 2. The molecule has 3 aliphatic heterocycles. The van der Waals surface area contributed by atoms with Crippen molar-refractivity contribution < 1.29 is 19.0 Å². The van der Waals surface area contributed by atoms with Gasteiger partial charge in [-0.1, -0.05) is 18.2 Å². The number of fused-ring (bicyclic) bond motifs is 10. The second-order valence-corrected chi connectivity index (χ2v) is 9.82. The Morgan fingerprint density at radius 3 is 2.88 bits per heavy atom. The van der Waals surface area contributed by atoms with Crippen LogP contribution in [-0.2, 0) is 24.4 Å². The molecule has 9 nitrogen and oxygen atoms in total. The van der Waals surface area contributed by atoms with Crippen molar-refractivity contribution >= 4 is 23.2 Å². The molecule has 3 aromatic carbocycles. The number of amides is 1. The maximum Gasteiger partial charge on any atom is 0.251 e. The van der Waals surface area contributed by atoms with E-state index in [0.717, 1.165) is 53.1 Å². The Bertz CT molecular complexity index is 1540. The lowest BCUT2D eigenvalue weighted by Crippen LogP contribution is -2.24. The second kappa shape index (κ2) is 11.6. The van der Waals surface area contributed by atoms with E-state index in [0.29, 0.717) is 55.9 Å². The number of aromatic nitrogens is 2. The van der Waals surface area contributed by atoms with Crippen molar-refractivity contribution in [3.8, 4) is 22.8 Å². The molecule has 7 rings (SSSR count). The number of ether oxygens (including phenoxy) is 3. The highest BCUT2D eigenvalue weighted by molar-refractivity contribution is 5.96. The zero-order valence-corrected chi connectivity index (χ0v) is 22.1. The lowest BCUT2D eigenvalue weighted by Gasteiger charge is -2.15. The Hall–Kier alpha value is -4.63. The van der Waals surface area contributed by atoms with E-state index >= 15 is 0 Å². The van der Waals surface area contributed by atoms with E-state index < -0.39 is 0 Å². The van der Waals surface area contributed by atoms with Crippen molar-refractivity contribution in [3.63, 3.8) is 0 Å². The van der Waals surface area contributed by atoms with Crippen molar-refractivity contribution in [2.24, 2.45) is 0 Å². The second-order valence-electron chi connectivity index (χ2n) is 9.82. The molecule has 0 aliphatic carbocycles. The standard InChI is InChI=1S/C31H31N5O4/c32-26-17-21-6-8-25(26)27-10-13-34-31(36-27)35-24-7-9-28(23(16-24)18-38-14-2-1-12-33-30(21)37)40-19-22-5-3-4-20-11-15-39-29(20)22/h3-10,13,16-17H,1-2,11-12,14-15,18-19,32H2,(H,33,37)(H,34,35,36). The number of hydrogen-bond acceptors (Lipinski definition) is 8. The molecule has 1 amide bonds. The summed E-state index contributed by atoms with van der Waals surface area (Å²) in [5, 5.41) is 6.25. The largest absolute Gasteiger partial charge is 0.493 e. The van der Waals surface area contributed by atoms with Crippen LogP contribution in [0.5, 0.6) is 11.5 Å². The molecule has 4 heterocycles. The summed E-state index contributed by atoms with van der Waals surface area (Å²) in [5.74, 6) is 1.94. The van der Waals surface area contributed by atoms with Crippen LogP contribution >= 0.6 is 0 Å². The third-order valence-electron chi connectivity index (χ3n) is 7.00. The van der Waals surface area contributed by atoms with Gasteiger partial charge in [0.1, 0.15) is 18.1 Å². The van der Waals surface area contributed by atoms with Gasteiger partial charge in [0.2, 0.25) is 5.95 Å². The molecule has 0 saturated heterocycles. The number of carbonyl (C=O) groups excluding carboxylic acids is 1. The van der Waals surface area contributed by atoms with Gasteiger partial charge >= 0.3 is 0 Å².